The molecule has 0 spiro atoms. The number of rotatable bonds is 4. The van der Waals surface area contributed by atoms with Gasteiger partial charge in [-0.1, -0.05) is 12.1 Å². The first kappa shape index (κ1) is 13.5. The van der Waals surface area contributed by atoms with Crippen LogP contribution in [0.3, 0.4) is 0 Å². The molecule has 2 N–H and O–H groups in total. The molecule has 4 nitrogen and oxygen atoms in total. The monoisotopic (exact) mass is 281 g/mol. The van der Waals surface area contributed by atoms with E-state index in [0.717, 1.165) is 27.9 Å². The second-order valence-electron chi connectivity index (χ2n) is 5.28. The molecule has 21 heavy (non-hydrogen) atoms. The number of ether oxygens (including phenoxy) is 1. The Kier molecular flexibility index (Phi) is 3.52. The average Bonchev–Trinajstić information content (AvgIpc) is 2.94. The number of hydrogen-bond acceptors (Lipinski definition) is 3. The number of hydrogen-bond donors (Lipinski definition) is 2. The topological polar surface area (TPSA) is 49.9 Å². The number of nitrogens with zero attached hydrogens (tertiary/aromatic N) is 1. The maximum absolute atomic E-state index is 5.49. The molecular weight excluding hydrogens is 262 g/mol. The number of aryl methyl sites for hydroxylation is 1. The zero-order valence-electron chi connectivity index (χ0n) is 12.5. The molecule has 0 aliphatic carbocycles. The van der Waals surface area contributed by atoms with Gasteiger partial charge in [0.1, 0.15) is 5.75 Å². The van der Waals surface area contributed by atoms with Gasteiger partial charge in [0.05, 0.1) is 24.9 Å². The van der Waals surface area contributed by atoms with Gasteiger partial charge in [-0.25, -0.2) is 0 Å². The summed E-state index contributed by atoms with van der Waals surface area (Å²) in [7, 11) is 1.71. The molecule has 0 aliphatic rings. The number of methoxy groups -OCH3 is 1. The molecule has 3 aromatic rings. The van der Waals surface area contributed by atoms with Crippen molar-refractivity contribution in [3.05, 3.63) is 53.7 Å². The minimum Gasteiger partial charge on any atom is -0.496 e. The second kappa shape index (κ2) is 5.48. The van der Waals surface area contributed by atoms with Gasteiger partial charge in [0.2, 0.25) is 0 Å². The summed E-state index contributed by atoms with van der Waals surface area (Å²) in [5.74, 6) is 0.914. The molecule has 1 heterocycles. The third-order valence-electron chi connectivity index (χ3n) is 3.68. The van der Waals surface area contributed by atoms with Crippen molar-refractivity contribution in [1.29, 1.82) is 0 Å². The molecule has 4 heteroatoms. The molecule has 1 unspecified atom stereocenters. The zero-order valence-corrected chi connectivity index (χ0v) is 12.5. The summed E-state index contributed by atoms with van der Waals surface area (Å²) >= 11 is 0. The van der Waals surface area contributed by atoms with Crippen LogP contribution in [0.5, 0.6) is 5.75 Å². The lowest BCUT2D eigenvalue weighted by atomic mass is 10.0. The van der Waals surface area contributed by atoms with Crippen LogP contribution in [-0.2, 0) is 0 Å². The lowest BCUT2D eigenvalue weighted by Gasteiger charge is -2.19. The number of H-pyrrole nitrogens is 1. The molecular formula is C17H19N3O. The highest BCUT2D eigenvalue weighted by molar-refractivity contribution is 5.81. The Bertz CT molecular complexity index is 764. The van der Waals surface area contributed by atoms with E-state index < -0.39 is 0 Å². The third-order valence-corrected chi connectivity index (χ3v) is 3.68. The van der Waals surface area contributed by atoms with Crippen LogP contribution in [-0.4, -0.2) is 17.3 Å². The van der Waals surface area contributed by atoms with Crippen molar-refractivity contribution in [3.8, 4) is 5.75 Å². The lowest BCUT2D eigenvalue weighted by molar-refractivity contribution is 0.407. The van der Waals surface area contributed by atoms with Gasteiger partial charge in [-0.05, 0) is 43.7 Å². The van der Waals surface area contributed by atoms with E-state index in [1.807, 2.05) is 6.20 Å². The van der Waals surface area contributed by atoms with E-state index in [2.05, 4.69) is 65.8 Å². The maximum atomic E-state index is 5.49. The van der Waals surface area contributed by atoms with Crippen LogP contribution < -0.4 is 10.1 Å². The molecule has 0 saturated carbocycles. The first-order valence-corrected chi connectivity index (χ1v) is 7.01. The fraction of sp³-hybridized carbons (Fsp3) is 0.235. The van der Waals surface area contributed by atoms with Crippen LogP contribution in [0.2, 0.25) is 0 Å². The number of aromatic amines is 1. The Morgan fingerprint density at radius 3 is 2.86 bits per heavy atom. The Morgan fingerprint density at radius 1 is 1.19 bits per heavy atom. The van der Waals surface area contributed by atoms with E-state index in [-0.39, 0.29) is 6.04 Å². The summed E-state index contributed by atoms with van der Waals surface area (Å²) in [5.41, 5.74) is 4.43. The van der Waals surface area contributed by atoms with Crippen molar-refractivity contribution in [3.63, 3.8) is 0 Å². The van der Waals surface area contributed by atoms with Gasteiger partial charge in [0, 0.05) is 16.6 Å². The Morgan fingerprint density at radius 2 is 2.05 bits per heavy atom. The van der Waals surface area contributed by atoms with E-state index in [4.69, 9.17) is 4.74 Å². The zero-order chi connectivity index (χ0) is 14.8. The minimum atomic E-state index is 0.154. The predicted octanol–water partition coefficient (Wildman–Crippen LogP) is 4.05. The number of nitrogens with one attached hydrogen (secondary N) is 2. The number of aromatic nitrogens is 2. The molecule has 0 radical (unpaired) electrons. The number of fused-ring (bicyclic) bond motifs is 1. The minimum absolute atomic E-state index is 0.154. The summed E-state index contributed by atoms with van der Waals surface area (Å²) in [6, 6.07) is 12.6. The quantitative estimate of drug-likeness (QED) is 0.758. The summed E-state index contributed by atoms with van der Waals surface area (Å²) in [6.45, 7) is 4.20. The molecule has 0 bridgehead atoms. The SMILES string of the molecule is COc1cc(C)ccc1C(C)Nc1ccc2cn[nH]c2c1. The van der Waals surface area contributed by atoms with Gasteiger partial charge in [-0.15, -0.1) is 0 Å². The lowest BCUT2D eigenvalue weighted by Crippen LogP contribution is -2.08. The van der Waals surface area contributed by atoms with Crippen molar-refractivity contribution >= 4 is 16.6 Å². The van der Waals surface area contributed by atoms with E-state index in [9.17, 15) is 0 Å². The highest BCUT2D eigenvalue weighted by atomic mass is 16.5. The van der Waals surface area contributed by atoms with Crippen molar-refractivity contribution in [2.24, 2.45) is 0 Å². The van der Waals surface area contributed by atoms with Crippen molar-refractivity contribution in [2.45, 2.75) is 19.9 Å². The van der Waals surface area contributed by atoms with Gasteiger partial charge in [-0.3, -0.25) is 5.10 Å². The summed E-state index contributed by atoms with van der Waals surface area (Å²) in [6.07, 6.45) is 1.82. The first-order valence-electron chi connectivity index (χ1n) is 7.01. The summed E-state index contributed by atoms with van der Waals surface area (Å²) in [5, 5.41) is 11.7. The smallest absolute Gasteiger partial charge is 0.124 e. The van der Waals surface area contributed by atoms with Crippen LogP contribution >= 0.6 is 0 Å². The van der Waals surface area contributed by atoms with Crippen LogP contribution in [0.25, 0.3) is 10.9 Å². The Labute approximate surface area is 124 Å². The van der Waals surface area contributed by atoms with Gasteiger partial charge in [0.15, 0.2) is 0 Å². The van der Waals surface area contributed by atoms with E-state index in [0.29, 0.717) is 0 Å². The second-order valence-corrected chi connectivity index (χ2v) is 5.28. The number of anilines is 1. The number of benzene rings is 2. The normalized spacial score (nSPS) is 12.3. The van der Waals surface area contributed by atoms with Gasteiger partial charge in [0.25, 0.3) is 0 Å². The molecule has 0 aliphatic heterocycles. The largest absolute Gasteiger partial charge is 0.496 e. The predicted molar refractivity (Wildman–Crippen MR) is 85.9 cm³/mol. The molecule has 0 saturated heterocycles. The van der Waals surface area contributed by atoms with Crippen LogP contribution in [0.1, 0.15) is 24.1 Å². The average molecular weight is 281 g/mol. The van der Waals surface area contributed by atoms with Crippen molar-refractivity contribution < 1.29 is 4.74 Å². The maximum Gasteiger partial charge on any atom is 0.124 e. The molecule has 0 amide bonds. The highest BCUT2D eigenvalue weighted by Gasteiger charge is 2.11. The Hall–Kier alpha value is -2.49. The molecule has 108 valence electrons. The fourth-order valence-corrected chi connectivity index (χ4v) is 2.53. The fourth-order valence-electron chi connectivity index (χ4n) is 2.53. The summed E-state index contributed by atoms with van der Waals surface area (Å²) < 4.78 is 5.49. The standard InChI is InChI=1S/C17H19N3O/c1-11-4-7-15(17(8-11)21-3)12(2)19-14-6-5-13-10-18-20-16(13)9-14/h4-10,12,19H,1-3H3,(H,18,20). The van der Waals surface area contributed by atoms with Crippen LogP contribution in [0.15, 0.2) is 42.6 Å². The molecule has 3 rings (SSSR count). The van der Waals surface area contributed by atoms with E-state index >= 15 is 0 Å². The molecule has 0 fully saturated rings. The van der Waals surface area contributed by atoms with Gasteiger partial charge >= 0.3 is 0 Å². The van der Waals surface area contributed by atoms with Crippen LogP contribution in [0.4, 0.5) is 5.69 Å². The van der Waals surface area contributed by atoms with E-state index in [1.165, 1.54) is 5.56 Å². The van der Waals surface area contributed by atoms with Crippen LogP contribution in [0, 0.1) is 6.92 Å². The third kappa shape index (κ3) is 2.70. The first-order chi connectivity index (χ1) is 10.2. The van der Waals surface area contributed by atoms with Gasteiger partial charge in [-0.2, -0.15) is 5.10 Å². The molecule has 2 aromatic carbocycles. The summed E-state index contributed by atoms with van der Waals surface area (Å²) in [4.78, 5) is 0. The Balaban J connectivity index is 1.86. The van der Waals surface area contributed by atoms with Gasteiger partial charge < -0.3 is 10.1 Å². The molecule has 1 aromatic heterocycles. The molecule has 1 atom stereocenters. The van der Waals surface area contributed by atoms with Crippen molar-refractivity contribution in [2.75, 3.05) is 12.4 Å². The highest BCUT2D eigenvalue weighted by Crippen LogP contribution is 2.29. The van der Waals surface area contributed by atoms with E-state index in [1.54, 1.807) is 7.11 Å². The van der Waals surface area contributed by atoms with Crippen molar-refractivity contribution in [1.82, 2.24) is 10.2 Å².